The second kappa shape index (κ2) is 4.45. The smallest absolute Gasteiger partial charge is 0.0410 e. The van der Waals surface area contributed by atoms with Gasteiger partial charge in [-0.15, -0.1) is 0 Å². The second-order valence-corrected chi connectivity index (χ2v) is 7.00. The number of rotatable bonds is 1. The zero-order chi connectivity index (χ0) is 12.8. The van der Waals surface area contributed by atoms with E-state index in [1.165, 1.54) is 36.9 Å². The lowest BCUT2D eigenvalue weighted by atomic mass is 9.63. The Morgan fingerprint density at radius 3 is 2.89 bits per heavy atom. The van der Waals surface area contributed by atoms with Gasteiger partial charge in [-0.2, -0.15) is 0 Å². The minimum Gasteiger partial charge on any atom is -0.384 e. The molecule has 2 atom stereocenters. The van der Waals surface area contributed by atoms with Crippen LogP contribution in [0.2, 0.25) is 5.02 Å². The highest BCUT2D eigenvalue weighted by Crippen LogP contribution is 2.50. The molecule has 0 spiro atoms. The van der Waals surface area contributed by atoms with Crippen molar-refractivity contribution in [3.63, 3.8) is 0 Å². The molecule has 1 saturated carbocycles. The first-order valence-corrected chi connectivity index (χ1v) is 7.49. The van der Waals surface area contributed by atoms with E-state index in [0.717, 1.165) is 17.5 Å². The zero-order valence-electron chi connectivity index (χ0n) is 11.3. The molecule has 3 rings (SSSR count). The summed E-state index contributed by atoms with van der Waals surface area (Å²) < 4.78 is 0. The third-order valence-corrected chi connectivity index (χ3v) is 5.24. The summed E-state index contributed by atoms with van der Waals surface area (Å²) in [6.45, 7) is 5.97. The number of benzene rings is 1. The highest BCUT2D eigenvalue weighted by molar-refractivity contribution is 6.30. The van der Waals surface area contributed by atoms with Crippen LogP contribution in [0.1, 0.15) is 51.0 Å². The summed E-state index contributed by atoms with van der Waals surface area (Å²) in [5.74, 6) is 1.44. The molecule has 18 heavy (non-hydrogen) atoms. The van der Waals surface area contributed by atoms with Crippen LogP contribution in [0.4, 0.5) is 5.69 Å². The molecule has 1 heterocycles. The number of hydrogen-bond acceptors (Lipinski definition) is 1. The molecule has 2 heteroatoms. The van der Waals surface area contributed by atoms with Gasteiger partial charge in [0.1, 0.15) is 0 Å². The van der Waals surface area contributed by atoms with E-state index in [-0.39, 0.29) is 0 Å². The minimum absolute atomic E-state index is 0.467. The van der Waals surface area contributed by atoms with E-state index >= 15 is 0 Å². The van der Waals surface area contributed by atoms with Crippen molar-refractivity contribution in [3.8, 4) is 0 Å². The summed E-state index contributed by atoms with van der Waals surface area (Å²) >= 11 is 6.17. The van der Waals surface area contributed by atoms with E-state index in [4.69, 9.17) is 11.6 Å². The number of halogens is 1. The SMILES string of the molecule is CC1(C)CCCCC1C1CNc2ccc(Cl)cc21. The van der Waals surface area contributed by atoms with Gasteiger partial charge in [0.15, 0.2) is 0 Å². The molecule has 2 aliphatic rings. The molecule has 1 aliphatic carbocycles. The molecule has 2 unspecified atom stereocenters. The summed E-state index contributed by atoms with van der Waals surface area (Å²) in [5, 5.41) is 4.43. The Morgan fingerprint density at radius 2 is 2.11 bits per heavy atom. The Bertz CT molecular complexity index is 452. The topological polar surface area (TPSA) is 12.0 Å². The van der Waals surface area contributed by atoms with Crippen molar-refractivity contribution in [2.75, 3.05) is 11.9 Å². The quantitative estimate of drug-likeness (QED) is 0.746. The maximum Gasteiger partial charge on any atom is 0.0410 e. The monoisotopic (exact) mass is 263 g/mol. The number of anilines is 1. The van der Waals surface area contributed by atoms with Crippen LogP contribution >= 0.6 is 11.6 Å². The summed E-state index contributed by atoms with van der Waals surface area (Å²) in [6, 6.07) is 6.29. The Hall–Kier alpha value is -0.690. The van der Waals surface area contributed by atoms with Crippen molar-refractivity contribution in [2.45, 2.75) is 45.4 Å². The minimum atomic E-state index is 0.467. The summed E-state index contributed by atoms with van der Waals surface area (Å²) in [4.78, 5) is 0. The highest BCUT2D eigenvalue weighted by Gasteiger charge is 2.40. The predicted octanol–water partition coefficient (Wildman–Crippen LogP) is 5.07. The van der Waals surface area contributed by atoms with Gasteiger partial charge in [-0.05, 0) is 47.9 Å². The molecule has 0 aromatic heterocycles. The van der Waals surface area contributed by atoms with E-state index in [9.17, 15) is 0 Å². The van der Waals surface area contributed by atoms with Crippen molar-refractivity contribution in [3.05, 3.63) is 28.8 Å². The molecular weight excluding hydrogens is 242 g/mol. The van der Waals surface area contributed by atoms with E-state index in [2.05, 4.69) is 31.3 Å². The van der Waals surface area contributed by atoms with Crippen molar-refractivity contribution in [1.82, 2.24) is 0 Å². The number of fused-ring (bicyclic) bond motifs is 1. The highest BCUT2D eigenvalue weighted by atomic mass is 35.5. The zero-order valence-corrected chi connectivity index (χ0v) is 12.1. The molecule has 1 aromatic rings. The molecule has 1 N–H and O–H groups in total. The molecule has 1 nitrogen and oxygen atoms in total. The van der Waals surface area contributed by atoms with Gasteiger partial charge in [0.2, 0.25) is 0 Å². The van der Waals surface area contributed by atoms with Crippen LogP contribution in [0.25, 0.3) is 0 Å². The summed E-state index contributed by atoms with van der Waals surface area (Å²) in [6.07, 6.45) is 5.52. The lowest BCUT2D eigenvalue weighted by Gasteiger charge is -2.42. The number of nitrogens with one attached hydrogen (secondary N) is 1. The average molecular weight is 264 g/mol. The van der Waals surface area contributed by atoms with Crippen LogP contribution < -0.4 is 5.32 Å². The van der Waals surface area contributed by atoms with Crippen LogP contribution in [-0.4, -0.2) is 6.54 Å². The van der Waals surface area contributed by atoms with Gasteiger partial charge in [0.05, 0.1) is 0 Å². The standard InChI is InChI=1S/C16H22ClN/c1-16(2)8-4-3-5-14(16)13-10-18-15-7-6-11(17)9-12(13)15/h6-7,9,13-14,18H,3-5,8,10H2,1-2H3. The van der Waals surface area contributed by atoms with Gasteiger partial charge in [-0.1, -0.05) is 38.3 Å². The fourth-order valence-corrected chi connectivity index (χ4v) is 4.14. The fourth-order valence-electron chi connectivity index (χ4n) is 3.96. The van der Waals surface area contributed by atoms with Gasteiger partial charge < -0.3 is 5.32 Å². The molecule has 0 bridgehead atoms. The van der Waals surface area contributed by atoms with E-state index in [1.54, 1.807) is 0 Å². The first-order chi connectivity index (χ1) is 8.58. The van der Waals surface area contributed by atoms with Gasteiger partial charge in [-0.3, -0.25) is 0 Å². The van der Waals surface area contributed by atoms with E-state index in [0.29, 0.717) is 11.3 Å². The molecule has 1 aliphatic heterocycles. The van der Waals surface area contributed by atoms with Gasteiger partial charge >= 0.3 is 0 Å². The maximum absolute atomic E-state index is 6.17. The van der Waals surface area contributed by atoms with Crippen LogP contribution in [-0.2, 0) is 0 Å². The first kappa shape index (κ1) is 12.3. The fraction of sp³-hybridized carbons (Fsp3) is 0.625. The number of hydrogen-bond donors (Lipinski definition) is 1. The van der Waals surface area contributed by atoms with Crippen LogP contribution in [0.15, 0.2) is 18.2 Å². The predicted molar refractivity (Wildman–Crippen MR) is 78.4 cm³/mol. The Morgan fingerprint density at radius 1 is 1.28 bits per heavy atom. The largest absolute Gasteiger partial charge is 0.384 e. The van der Waals surface area contributed by atoms with Crippen LogP contribution in [0.5, 0.6) is 0 Å². The summed E-state index contributed by atoms with van der Waals surface area (Å²) in [7, 11) is 0. The molecule has 98 valence electrons. The Labute approximate surface area is 115 Å². The van der Waals surface area contributed by atoms with E-state index in [1.807, 2.05) is 6.07 Å². The third-order valence-electron chi connectivity index (χ3n) is 5.00. The second-order valence-electron chi connectivity index (χ2n) is 6.56. The normalized spacial score (nSPS) is 29.7. The summed E-state index contributed by atoms with van der Waals surface area (Å²) in [5.41, 5.74) is 3.21. The van der Waals surface area contributed by atoms with E-state index < -0.39 is 0 Å². The van der Waals surface area contributed by atoms with Crippen molar-refractivity contribution >= 4 is 17.3 Å². The first-order valence-electron chi connectivity index (χ1n) is 7.11. The van der Waals surface area contributed by atoms with Crippen LogP contribution in [0.3, 0.4) is 0 Å². The maximum atomic E-state index is 6.17. The molecule has 0 amide bonds. The van der Waals surface area contributed by atoms with Crippen molar-refractivity contribution in [1.29, 1.82) is 0 Å². The van der Waals surface area contributed by atoms with Crippen LogP contribution in [0, 0.1) is 11.3 Å². The lowest BCUT2D eigenvalue weighted by Crippen LogP contribution is -2.33. The molecule has 0 radical (unpaired) electrons. The van der Waals surface area contributed by atoms with Crippen molar-refractivity contribution in [2.24, 2.45) is 11.3 Å². The Balaban J connectivity index is 1.93. The molecule has 0 saturated heterocycles. The molecular formula is C16H22ClN. The van der Waals surface area contributed by atoms with Gasteiger partial charge in [0.25, 0.3) is 0 Å². The molecule has 1 fully saturated rings. The Kier molecular flexibility index (Phi) is 3.05. The molecule has 1 aromatic carbocycles. The average Bonchev–Trinajstić information content (AvgIpc) is 2.71. The van der Waals surface area contributed by atoms with Crippen molar-refractivity contribution < 1.29 is 0 Å². The van der Waals surface area contributed by atoms with Gasteiger partial charge in [-0.25, -0.2) is 0 Å². The van der Waals surface area contributed by atoms with Gasteiger partial charge in [0, 0.05) is 23.2 Å². The third kappa shape index (κ3) is 2.03. The lowest BCUT2D eigenvalue weighted by molar-refractivity contribution is 0.116.